The van der Waals surface area contributed by atoms with Crippen LogP contribution in [0.3, 0.4) is 0 Å². The number of carbonyl (C=O) groups is 1. The van der Waals surface area contributed by atoms with Crippen molar-refractivity contribution < 1.29 is 4.79 Å². The first-order valence-electron chi connectivity index (χ1n) is 10.5. The number of rotatable bonds is 10. The molecule has 1 atom stereocenters. The van der Waals surface area contributed by atoms with E-state index < -0.39 is 0 Å². The first-order valence-corrected chi connectivity index (χ1v) is 11.9. The molecule has 3 heteroatoms. The highest BCUT2D eigenvalue weighted by atomic mass is 35.5. The summed E-state index contributed by atoms with van der Waals surface area (Å²) in [6, 6.07) is 23.0. The molecule has 0 saturated heterocycles. The predicted molar refractivity (Wildman–Crippen MR) is 130 cm³/mol. The molecule has 0 heterocycles. The monoisotopic (exact) mass is 436 g/mol. The zero-order valence-electron chi connectivity index (χ0n) is 17.7. The molecular weight excluding hydrogens is 408 g/mol. The van der Waals surface area contributed by atoms with Gasteiger partial charge < -0.3 is 0 Å². The van der Waals surface area contributed by atoms with Gasteiger partial charge in [-0.3, -0.25) is 4.79 Å². The number of aryl methyl sites for hydroxylation is 2. The van der Waals surface area contributed by atoms with E-state index in [0.717, 1.165) is 35.5 Å². The lowest BCUT2D eigenvalue weighted by Gasteiger charge is -2.19. The van der Waals surface area contributed by atoms with Crippen LogP contribution in [-0.2, 0) is 6.42 Å². The topological polar surface area (TPSA) is 17.1 Å². The summed E-state index contributed by atoms with van der Waals surface area (Å²) in [4.78, 5) is 12.0. The van der Waals surface area contributed by atoms with Gasteiger partial charge in [-0.05, 0) is 91.3 Å². The normalized spacial score (nSPS) is 12.0. The number of thioether (sulfide) groups is 1. The van der Waals surface area contributed by atoms with Crippen LogP contribution in [0.25, 0.3) is 0 Å². The first kappa shape index (κ1) is 22.7. The SMILES string of the molecule is Cc1ccc(CC(CCCCSc2ccc(C=O)cc2)c2cccc(Cl)c2)cc1C. The van der Waals surface area contributed by atoms with Crippen molar-refractivity contribution in [1.29, 1.82) is 0 Å². The zero-order chi connectivity index (χ0) is 21.3. The highest BCUT2D eigenvalue weighted by molar-refractivity contribution is 7.99. The van der Waals surface area contributed by atoms with Gasteiger partial charge in [0.1, 0.15) is 6.29 Å². The van der Waals surface area contributed by atoms with Gasteiger partial charge in [-0.2, -0.15) is 0 Å². The number of hydrogen-bond donors (Lipinski definition) is 0. The van der Waals surface area contributed by atoms with Crippen LogP contribution in [0.15, 0.2) is 71.6 Å². The predicted octanol–water partition coefficient (Wildman–Crippen LogP) is 8.06. The fourth-order valence-electron chi connectivity index (χ4n) is 3.69. The second kappa shape index (κ2) is 11.4. The third-order valence-electron chi connectivity index (χ3n) is 5.61. The molecule has 0 fully saturated rings. The molecule has 1 nitrogen and oxygen atoms in total. The number of benzene rings is 3. The lowest BCUT2D eigenvalue weighted by Crippen LogP contribution is -2.04. The molecule has 0 spiro atoms. The molecule has 0 radical (unpaired) electrons. The largest absolute Gasteiger partial charge is 0.298 e. The molecule has 0 aromatic heterocycles. The standard InChI is InChI=1S/C27H29ClOS/c1-20-9-10-23(16-21(20)2)17-24(25-7-5-8-26(28)18-25)6-3-4-15-30-27-13-11-22(19-29)12-14-27/h5,7-14,16,18-19,24H,3-4,6,15,17H2,1-2H3. The quantitative estimate of drug-likeness (QED) is 0.181. The summed E-state index contributed by atoms with van der Waals surface area (Å²) in [6.45, 7) is 4.35. The zero-order valence-corrected chi connectivity index (χ0v) is 19.3. The molecule has 30 heavy (non-hydrogen) atoms. The Bertz CT molecular complexity index is 965. The van der Waals surface area contributed by atoms with Crippen LogP contribution >= 0.6 is 23.4 Å². The molecule has 1 unspecified atom stereocenters. The molecule has 3 aromatic carbocycles. The van der Waals surface area contributed by atoms with E-state index in [2.05, 4.69) is 50.2 Å². The molecule has 0 aliphatic carbocycles. The van der Waals surface area contributed by atoms with E-state index in [1.165, 1.54) is 40.0 Å². The Hall–Kier alpha value is -2.03. The summed E-state index contributed by atoms with van der Waals surface area (Å²) < 4.78 is 0. The van der Waals surface area contributed by atoms with Gasteiger partial charge in [0.25, 0.3) is 0 Å². The minimum absolute atomic E-state index is 0.475. The van der Waals surface area contributed by atoms with Crippen LogP contribution in [-0.4, -0.2) is 12.0 Å². The molecule has 3 aromatic rings. The van der Waals surface area contributed by atoms with Crippen LogP contribution in [0.5, 0.6) is 0 Å². The van der Waals surface area contributed by atoms with Crippen molar-refractivity contribution in [2.45, 2.75) is 50.3 Å². The number of hydrogen-bond acceptors (Lipinski definition) is 2. The van der Waals surface area contributed by atoms with Gasteiger partial charge >= 0.3 is 0 Å². The van der Waals surface area contributed by atoms with Crippen LogP contribution in [0.4, 0.5) is 0 Å². The summed E-state index contributed by atoms with van der Waals surface area (Å²) in [5.41, 5.74) is 6.16. The van der Waals surface area contributed by atoms with Crippen LogP contribution in [0, 0.1) is 13.8 Å². The fraction of sp³-hybridized carbons (Fsp3) is 0.296. The lowest BCUT2D eigenvalue weighted by molar-refractivity contribution is 0.112. The van der Waals surface area contributed by atoms with Crippen LogP contribution < -0.4 is 0 Å². The molecule has 156 valence electrons. The van der Waals surface area contributed by atoms with Crippen molar-refractivity contribution in [1.82, 2.24) is 0 Å². The second-order valence-corrected chi connectivity index (χ2v) is 9.51. The summed E-state index contributed by atoms with van der Waals surface area (Å²) in [6.07, 6.45) is 5.44. The van der Waals surface area contributed by atoms with Gasteiger partial charge in [-0.15, -0.1) is 11.8 Å². The maximum atomic E-state index is 10.8. The average Bonchev–Trinajstić information content (AvgIpc) is 2.75. The Labute approximate surface area is 189 Å². The third-order valence-corrected chi connectivity index (χ3v) is 6.94. The smallest absolute Gasteiger partial charge is 0.150 e. The summed E-state index contributed by atoms with van der Waals surface area (Å²) >= 11 is 8.15. The van der Waals surface area contributed by atoms with E-state index in [4.69, 9.17) is 11.6 Å². The summed E-state index contributed by atoms with van der Waals surface area (Å²) in [5.74, 6) is 1.56. The minimum Gasteiger partial charge on any atom is -0.298 e. The Morgan fingerprint density at radius 3 is 2.43 bits per heavy atom. The van der Waals surface area contributed by atoms with Gasteiger partial charge in [0.2, 0.25) is 0 Å². The Morgan fingerprint density at radius 1 is 0.933 bits per heavy atom. The van der Waals surface area contributed by atoms with Crippen molar-refractivity contribution in [2.75, 3.05) is 5.75 Å². The molecule has 0 saturated carbocycles. The van der Waals surface area contributed by atoms with Crippen molar-refractivity contribution >= 4 is 29.6 Å². The van der Waals surface area contributed by atoms with E-state index >= 15 is 0 Å². The summed E-state index contributed by atoms with van der Waals surface area (Å²) in [7, 11) is 0. The Kier molecular flexibility index (Phi) is 8.60. The molecule has 0 bridgehead atoms. The van der Waals surface area contributed by atoms with Crippen molar-refractivity contribution in [2.24, 2.45) is 0 Å². The van der Waals surface area contributed by atoms with Crippen LogP contribution in [0.1, 0.15) is 57.8 Å². The van der Waals surface area contributed by atoms with E-state index in [-0.39, 0.29) is 0 Å². The lowest BCUT2D eigenvalue weighted by atomic mass is 9.87. The fourth-order valence-corrected chi connectivity index (χ4v) is 4.80. The molecule has 3 rings (SSSR count). The maximum Gasteiger partial charge on any atom is 0.150 e. The highest BCUT2D eigenvalue weighted by Gasteiger charge is 2.13. The Balaban J connectivity index is 1.57. The molecule has 0 N–H and O–H groups in total. The molecule has 0 amide bonds. The van der Waals surface area contributed by atoms with Gasteiger partial charge in [0, 0.05) is 15.5 Å². The number of halogens is 1. The third kappa shape index (κ3) is 6.75. The van der Waals surface area contributed by atoms with E-state index in [0.29, 0.717) is 5.92 Å². The molecular formula is C27H29ClOS. The second-order valence-electron chi connectivity index (χ2n) is 7.91. The van der Waals surface area contributed by atoms with Crippen molar-refractivity contribution in [3.63, 3.8) is 0 Å². The number of unbranched alkanes of at least 4 members (excludes halogenated alkanes) is 1. The minimum atomic E-state index is 0.475. The number of carbonyl (C=O) groups excluding carboxylic acids is 1. The first-order chi connectivity index (χ1) is 14.5. The van der Waals surface area contributed by atoms with E-state index in [1.54, 1.807) is 0 Å². The van der Waals surface area contributed by atoms with E-state index in [1.807, 2.05) is 42.1 Å². The average molecular weight is 437 g/mol. The van der Waals surface area contributed by atoms with Crippen LogP contribution in [0.2, 0.25) is 5.02 Å². The molecule has 0 aliphatic heterocycles. The number of aldehydes is 1. The van der Waals surface area contributed by atoms with Gasteiger partial charge in [-0.25, -0.2) is 0 Å². The van der Waals surface area contributed by atoms with Crippen molar-refractivity contribution in [3.8, 4) is 0 Å². The van der Waals surface area contributed by atoms with E-state index in [9.17, 15) is 4.79 Å². The van der Waals surface area contributed by atoms with Gasteiger partial charge in [0.15, 0.2) is 0 Å². The molecule has 0 aliphatic rings. The van der Waals surface area contributed by atoms with Gasteiger partial charge in [0.05, 0.1) is 0 Å². The maximum absolute atomic E-state index is 10.8. The Morgan fingerprint density at radius 2 is 1.73 bits per heavy atom. The highest BCUT2D eigenvalue weighted by Crippen LogP contribution is 2.30. The van der Waals surface area contributed by atoms with Gasteiger partial charge in [-0.1, -0.05) is 60.5 Å². The van der Waals surface area contributed by atoms with Crippen molar-refractivity contribution in [3.05, 3.63) is 99.6 Å². The summed E-state index contributed by atoms with van der Waals surface area (Å²) in [5, 5.41) is 0.812.